The number of hydrogen-bond donors (Lipinski definition) is 0. The zero-order chi connectivity index (χ0) is 18.7. The molecule has 0 spiro atoms. The molecule has 1 aliphatic heterocycles. The fourth-order valence-corrected chi connectivity index (χ4v) is 4.11. The highest BCUT2D eigenvalue weighted by molar-refractivity contribution is 7.89. The number of pyridine rings is 1. The molecule has 0 N–H and O–H groups in total. The molecule has 1 aromatic carbocycles. The van der Waals surface area contributed by atoms with Crippen molar-refractivity contribution in [3.05, 3.63) is 64.5 Å². The summed E-state index contributed by atoms with van der Waals surface area (Å²) in [6.45, 7) is 0.844. The van der Waals surface area contributed by atoms with Crippen LogP contribution >= 0.6 is 0 Å². The number of carbonyl (C=O) groups is 1. The van der Waals surface area contributed by atoms with E-state index in [2.05, 4.69) is 4.98 Å². The molecule has 0 radical (unpaired) electrons. The lowest BCUT2D eigenvalue weighted by molar-refractivity contribution is -0.384. The molecule has 10 heteroatoms. The van der Waals surface area contributed by atoms with Gasteiger partial charge < -0.3 is 4.90 Å². The lowest BCUT2D eigenvalue weighted by Gasteiger charge is -2.34. The van der Waals surface area contributed by atoms with Crippen LogP contribution in [0, 0.1) is 10.1 Å². The summed E-state index contributed by atoms with van der Waals surface area (Å²) in [5.41, 5.74) is 0.287. The molecule has 0 unspecified atom stereocenters. The van der Waals surface area contributed by atoms with Gasteiger partial charge in [0.2, 0.25) is 10.0 Å². The van der Waals surface area contributed by atoms with Gasteiger partial charge in [-0.15, -0.1) is 0 Å². The Morgan fingerprint density at radius 2 is 1.73 bits per heavy atom. The SMILES string of the molecule is O=C(c1cccnc1)N1CCN(S(=O)(=O)c2ccc([N+](=O)[O-])cc2)CC1. The summed E-state index contributed by atoms with van der Waals surface area (Å²) in [4.78, 5) is 28.0. The van der Waals surface area contributed by atoms with Crippen LogP contribution in [-0.4, -0.2) is 59.6 Å². The molecule has 1 aliphatic rings. The number of benzene rings is 1. The highest BCUT2D eigenvalue weighted by atomic mass is 32.2. The van der Waals surface area contributed by atoms with Crippen molar-refractivity contribution in [2.24, 2.45) is 0 Å². The van der Waals surface area contributed by atoms with Crippen LogP contribution in [-0.2, 0) is 10.0 Å². The topological polar surface area (TPSA) is 114 Å². The van der Waals surface area contributed by atoms with E-state index < -0.39 is 14.9 Å². The first kappa shape index (κ1) is 18.0. The highest BCUT2D eigenvalue weighted by Gasteiger charge is 2.30. The number of piperazine rings is 1. The van der Waals surface area contributed by atoms with Crippen molar-refractivity contribution >= 4 is 21.6 Å². The first-order valence-electron chi connectivity index (χ1n) is 7.83. The zero-order valence-corrected chi connectivity index (χ0v) is 14.5. The molecule has 0 atom stereocenters. The van der Waals surface area contributed by atoms with Gasteiger partial charge in [-0.1, -0.05) is 0 Å². The van der Waals surface area contributed by atoms with Gasteiger partial charge >= 0.3 is 0 Å². The first-order chi connectivity index (χ1) is 12.4. The number of hydrogen-bond acceptors (Lipinski definition) is 6. The number of nitro benzene ring substituents is 1. The Bertz CT molecular complexity index is 907. The normalized spacial score (nSPS) is 15.6. The lowest BCUT2D eigenvalue weighted by atomic mass is 10.2. The van der Waals surface area contributed by atoms with Gasteiger partial charge in [-0.2, -0.15) is 4.31 Å². The van der Waals surface area contributed by atoms with E-state index in [1.54, 1.807) is 23.2 Å². The van der Waals surface area contributed by atoms with Crippen molar-refractivity contribution in [2.45, 2.75) is 4.90 Å². The molecule has 1 aromatic heterocycles. The number of aromatic nitrogens is 1. The van der Waals surface area contributed by atoms with Crippen molar-refractivity contribution in [3.63, 3.8) is 0 Å². The molecular formula is C16H16N4O5S. The number of nitrogens with zero attached hydrogens (tertiary/aromatic N) is 4. The predicted octanol–water partition coefficient (Wildman–Crippen LogP) is 1.14. The van der Waals surface area contributed by atoms with Crippen molar-refractivity contribution < 1.29 is 18.1 Å². The number of sulfonamides is 1. The molecule has 2 heterocycles. The Balaban J connectivity index is 1.68. The maximum Gasteiger partial charge on any atom is 0.269 e. The van der Waals surface area contributed by atoms with Crippen LogP contribution in [0.25, 0.3) is 0 Å². The molecule has 0 saturated carbocycles. The smallest absolute Gasteiger partial charge is 0.269 e. The summed E-state index contributed by atoms with van der Waals surface area (Å²) in [6, 6.07) is 8.10. The number of rotatable bonds is 4. The van der Waals surface area contributed by atoms with Gasteiger partial charge in [-0.25, -0.2) is 8.42 Å². The van der Waals surface area contributed by atoms with Gasteiger partial charge in [-0.3, -0.25) is 19.9 Å². The molecule has 0 aliphatic carbocycles. The fraction of sp³-hybridized carbons (Fsp3) is 0.250. The minimum absolute atomic E-state index is 0.00450. The van der Waals surface area contributed by atoms with E-state index in [9.17, 15) is 23.3 Å². The Hall–Kier alpha value is -2.85. The summed E-state index contributed by atoms with van der Waals surface area (Å²) in [5, 5.41) is 10.7. The van der Waals surface area contributed by atoms with E-state index >= 15 is 0 Å². The molecular weight excluding hydrogens is 360 g/mol. The van der Waals surface area contributed by atoms with E-state index in [0.717, 1.165) is 12.1 Å². The second-order valence-corrected chi connectivity index (χ2v) is 7.63. The summed E-state index contributed by atoms with van der Waals surface area (Å²) in [7, 11) is -3.76. The summed E-state index contributed by atoms with van der Waals surface area (Å²) < 4.78 is 26.6. The molecule has 1 saturated heterocycles. The third-order valence-electron chi connectivity index (χ3n) is 4.12. The van der Waals surface area contributed by atoms with Gasteiger partial charge in [0.05, 0.1) is 15.4 Å². The maximum absolute atomic E-state index is 12.7. The molecule has 9 nitrogen and oxygen atoms in total. The van der Waals surface area contributed by atoms with Crippen LogP contribution in [0.3, 0.4) is 0 Å². The average molecular weight is 376 g/mol. The van der Waals surface area contributed by atoms with E-state index in [-0.39, 0.29) is 42.7 Å². The zero-order valence-electron chi connectivity index (χ0n) is 13.7. The third kappa shape index (κ3) is 3.55. The van der Waals surface area contributed by atoms with Crippen molar-refractivity contribution in [3.8, 4) is 0 Å². The second-order valence-electron chi connectivity index (χ2n) is 5.69. The number of carbonyl (C=O) groups excluding carboxylic acids is 1. The van der Waals surface area contributed by atoms with Crippen LogP contribution in [0.4, 0.5) is 5.69 Å². The summed E-state index contributed by atoms with van der Waals surface area (Å²) in [5.74, 6) is -0.189. The highest BCUT2D eigenvalue weighted by Crippen LogP contribution is 2.21. The molecule has 26 heavy (non-hydrogen) atoms. The van der Waals surface area contributed by atoms with Gasteiger partial charge in [0, 0.05) is 50.7 Å². The second kappa shape index (κ2) is 7.18. The summed E-state index contributed by atoms with van der Waals surface area (Å²) in [6.07, 6.45) is 3.05. The molecule has 3 rings (SSSR count). The van der Waals surface area contributed by atoms with Crippen LogP contribution in [0.5, 0.6) is 0 Å². The Labute approximate surface area is 150 Å². The number of non-ortho nitro benzene ring substituents is 1. The van der Waals surface area contributed by atoms with Crippen molar-refractivity contribution in [1.82, 2.24) is 14.2 Å². The van der Waals surface area contributed by atoms with Crippen molar-refractivity contribution in [2.75, 3.05) is 26.2 Å². The van der Waals surface area contributed by atoms with E-state index in [0.29, 0.717) is 5.56 Å². The number of amides is 1. The fourth-order valence-electron chi connectivity index (χ4n) is 2.69. The van der Waals surface area contributed by atoms with Crippen LogP contribution in [0.2, 0.25) is 0 Å². The molecule has 2 aromatic rings. The molecule has 1 fully saturated rings. The Morgan fingerprint density at radius 3 is 2.27 bits per heavy atom. The molecule has 136 valence electrons. The minimum Gasteiger partial charge on any atom is -0.336 e. The van der Waals surface area contributed by atoms with E-state index in [1.807, 2.05) is 0 Å². The monoisotopic (exact) mass is 376 g/mol. The maximum atomic E-state index is 12.7. The Morgan fingerprint density at radius 1 is 1.08 bits per heavy atom. The first-order valence-corrected chi connectivity index (χ1v) is 9.27. The van der Waals surface area contributed by atoms with Gasteiger partial charge in [0.1, 0.15) is 0 Å². The van der Waals surface area contributed by atoms with E-state index in [4.69, 9.17) is 0 Å². The lowest BCUT2D eigenvalue weighted by Crippen LogP contribution is -2.50. The third-order valence-corrected chi connectivity index (χ3v) is 6.03. The van der Waals surface area contributed by atoms with Gasteiger partial charge in [-0.05, 0) is 24.3 Å². The predicted molar refractivity (Wildman–Crippen MR) is 92.0 cm³/mol. The molecule has 0 bridgehead atoms. The quantitative estimate of drug-likeness (QED) is 0.584. The van der Waals surface area contributed by atoms with Crippen molar-refractivity contribution in [1.29, 1.82) is 0 Å². The standard InChI is InChI=1S/C16H16N4O5S/c21-16(13-2-1-7-17-12-13)18-8-10-19(11-9-18)26(24,25)15-5-3-14(4-6-15)20(22)23/h1-7,12H,8-11H2. The summed E-state index contributed by atoms with van der Waals surface area (Å²) >= 11 is 0. The Kier molecular flexibility index (Phi) is 4.96. The van der Waals surface area contributed by atoms with Gasteiger partial charge in [0.15, 0.2) is 0 Å². The molecule has 1 amide bonds. The van der Waals surface area contributed by atoms with Gasteiger partial charge in [0.25, 0.3) is 11.6 Å². The van der Waals surface area contributed by atoms with Crippen LogP contribution in [0.15, 0.2) is 53.7 Å². The number of nitro groups is 1. The average Bonchev–Trinajstić information content (AvgIpc) is 2.68. The van der Waals surface area contributed by atoms with E-state index in [1.165, 1.54) is 22.6 Å². The van der Waals surface area contributed by atoms with Crippen LogP contribution < -0.4 is 0 Å². The minimum atomic E-state index is -3.76. The van der Waals surface area contributed by atoms with Crippen LogP contribution in [0.1, 0.15) is 10.4 Å². The largest absolute Gasteiger partial charge is 0.336 e.